The first-order valence-electron chi connectivity index (χ1n) is 7.60. The van der Waals surface area contributed by atoms with Crippen LogP contribution in [0.25, 0.3) is 11.3 Å². The fraction of sp³-hybridized carbons (Fsp3) is 0.150. The van der Waals surface area contributed by atoms with Crippen molar-refractivity contribution < 1.29 is 18.7 Å². The van der Waals surface area contributed by atoms with Gasteiger partial charge in [-0.25, -0.2) is 0 Å². The Morgan fingerprint density at radius 3 is 2.00 bits per heavy atom. The molecule has 0 saturated carbocycles. The number of carbonyl (C=O) groups excluding carboxylic acids is 1. The molecule has 0 radical (unpaired) electrons. The quantitative estimate of drug-likeness (QED) is 0.632. The maximum absolute atomic E-state index is 12.3. The predicted molar refractivity (Wildman–Crippen MR) is 91.7 cm³/mol. The minimum atomic E-state index is 0.00767. The number of carbonyl (C=O) groups is 1. The van der Waals surface area contributed by atoms with Crippen LogP contribution in [-0.4, -0.2) is 20.0 Å². The predicted octanol–water partition coefficient (Wildman–Crippen LogP) is 4.39. The summed E-state index contributed by atoms with van der Waals surface area (Å²) in [6.07, 6.45) is 0.225. The summed E-state index contributed by atoms with van der Waals surface area (Å²) < 4.78 is 16.0. The maximum atomic E-state index is 12.3. The molecule has 3 rings (SSSR count). The van der Waals surface area contributed by atoms with Crippen molar-refractivity contribution >= 4 is 5.78 Å². The Balaban J connectivity index is 1.71. The van der Waals surface area contributed by atoms with E-state index in [4.69, 9.17) is 13.9 Å². The van der Waals surface area contributed by atoms with Crippen LogP contribution in [0.3, 0.4) is 0 Å². The van der Waals surface area contributed by atoms with E-state index >= 15 is 0 Å². The van der Waals surface area contributed by atoms with E-state index in [1.165, 1.54) is 0 Å². The fourth-order valence-electron chi connectivity index (χ4n) is 2.42. The van der Waals surface area contributed by atoms with Crippen LogP contribution in [0.5, 0.6) is 11.5 Å². The molecule has 122 valence electrons. The molecular formula is C20H18O4. The summed E-state index contributed by atoms with van der Waals surface area (Å²) in [6, 6.07) is 18.4. The third-order valence-electron chi connectivity index (χ3n) is 3.78. The van der Waals surface area contributed by atoms with Gasteiger partial charge in [0, 0.05) is 11.1 Å². The number of Topliss-reactive ketones (excluding diaryl/α,β-unsaturated/α-hetero) is 1. The Labute approximate surface area is 140 Å². The summed E-state index contributed by atoms with van der Waals surface area (Å²) >= 11 is 0. The van der Waals surface area contributed by atoms with Crippen LogP contribution in [0.15, 0.2) is 65.1 Å². The number of hydrogen-bond donors (Lipinski definition) is 0. The van der Waals surface area contributed by atoms with E-state index in [9.17, 15) is 4.79 Å². The number of ether oxygens (including phenoxy) is 2. The Kier molecular flexibility index (Phi) is 4.66. The van der Waals surface area contributed by atoms with Gasteiger partial charge in [-0.3, -0.25) is 4.79 Å². The highest BCUT2D eigenvalue weighted by Crippen LogP contribution is 2.25. The second kappa shape index (κ2) is 7.04. The molecule has 4 heteroatoms. The molecular weight excluding hydrogens is 304 g/mol. The van der Waals surface area contributed by atoms with E-state index in [0.29, 0.717) is 11.3 Å². The lowest BCUT2D eigenvalue weighted by Crippen LogP contribution is -2.02. The summed E-state index contributed by atoms with van der Waals surface area (Å²) in [7, 11) is 3.23. The van der Waals surface area contributed by atoms with Crippen LogP contribution in [-0.2, 0) is 6.42 Å². The molecule has 0 aliphatic carbocycles. The molecule has 0 saturated heterocycles. The first-order chi connectivity index (χ1) is 11.7. The Hall–Kier alpha value is -3.01. The summed E-state index contributed by atoms with van der Waals surface area (Å²) in [6.45, 7) is 0. The highest BCUT2D eigenvalue weighted by molar-refractivity contribution is 5.97. The normalized spacial score (nSPS) is 10.4. The summed E-state index contributed by atoms with van der Waals surface area (Å²) in [5.74, 6) is 2.90. The third kappa shape index (κ3) is 3.49. The molecule has 24 heavy (non-hydrogen) atoms. The number of benzene rings is 2. The van der Waals surface area contributed by atoms with Crippen molar-refractivity contribution in [2.24, 2.45) is 0 Å². The smallest absolute Gasteiger partial charge is 0.170 e. The second-order valence-corrected chi connectivity index (χ2v) is 5.32. The van der Waals surface area contributed by atoms with E-state index in [1.807, 2.05) is 36.4 Å². The first-order valence-corrected chi connectivity index (χ1v) is 7.60. The lowest BCUT2D eigenvalue weighted by molar-refractivity contribution is 0.0987. The number of hydrogen-bond acceptors (Lipinski definition) is 4. The van der Waals surface area contributed by atoms with Gasteiger partial charge in [-0.15, -0.1) is 0 Å². The average Bonchev–Trinajstić information content (AvgIpc) is 3.10. The molecule has 0 unspecified atom stereocenters. The molecule has 3 aromatic rings. The van der Waals surface area contributed by atoms with Crippen molar-refractivity contribution in [2.75, 3.05) is 14.2 Å². The Bertz CT molecular complexity index is 814. The van der Waals surface area contributed by atoms with Gasteiger partial charge in [-0.05, 0) is 60.7 Å². The van der Waals surface area contributed by atoms with Gasteiger partial charge < -0.3 is 13.9 Å². The van der Waals surface area contributed by atoms with Gasteiger partial charge >= 0.3 is 0 Å². The fourth-order valence-corrected chi connectivity index (χ4v) is 2.42. The van der Waals surface area contributed by atoms with Crippen LogP contribution in [0.2, 0.25) is 0 Å². The van der Waals surface area contributed by atoms with Crippen LogP contribution in [0, 0.1) is 0 Å². The van der Waals surface area contributed by atoms with Crippen molar-refractivity contribution in [1.29, 1.82) is 0 Å². The van der Waals surface area contributed by atoms with E-state index in [-0.39, 0.29) is 12.2 Å². The molecule has 4 nitrogen and oxygen atoms in total. The zero-order chi connectivity index (χ0) is 16.9. The van der Waals surface area contributed by atoms with Crippen molar-refractivity contribution in [3.63, 3.8) is 0 Å². The van der Waals surface area contributed by atoms with Gasteiger partial charge in [0.1, 0.15) is 23.0 Å². The molecule has 0 aliphatic rings. The summed E-state index contributed by atoms with van der Waals surface area (Å²) in [5, 5.41) is 0. The van der Waals surface area contributed by atoms with Crippen molar-refractivity contribution in [3.8, 4) is 22.8 Å². The first kappa shape index (κ1) is 15.9. The van der Waals surface area contributed by atoms with Gasteiger partial charge in [-0.1, -0.05) is 0 Å². The maximum Gasteiger partial charge on any atom is 0.170 e. The monoisotopic (exact) mass is 322 g/mol. The van der Waals surface area contributed by atoms with Gasteiger partial charge in [0.2, 0.25) is 0 Å². The molecule has 0 bridgehead atoms. The van der Waals surface area contributed by atoms with Gasteiger partial charge in [0.25, 0.3) is 0 Å². The standard InChI is InChI=1S/C20H18O4/c1-22-16-7-3-14(4-8-16)19(21)13-18-11-12-20(24-18)15-5-9-17(23-2)10-6-15/h3-12H,13H2,1-2H3. The lowest BCUT2D eigenvalue weighted by atomic mass is 10.1. The molecule has 0 aliphatic heterocycles. The van der Waals surface area contributed by atoms with Crippen LogP contribution in [0.1, 0.15) is 16.1 Å². The minimum absolute atomic E-state index is 0.00767. The van der Waals surface area contributed by atoms with E-state index in [0.717, 1.165) is 22.8 Å². The Morgan fingerprint density at radius 2 is 1.42 bits per heavy atom. The lowest BCUT2D eigenvalue weighted by Gasteiger charge is -2.02. The Morgan fingerprint density at radius 1 is 0.833 bits per heavy atom. The highest BCUT2D eigenvalue weighted by Gasteiger charge is 2.11. The number of ketones is 1. The molecule has 0 fully saturated rings. The van der Waals surface area contributed by atoms with Gasteiger partial charge in [-0.2, -0.15) is 0 Å². The van der Waals surface area contributed by atoms with Crippen molar-refractivity contribution in [1.82, 2.24) is 0 Å². The zero-order valence-electron chi connectivity index (χ0n) is 13.6. The summed E-state index contributed by atoms with van der Waals surface area (Å²) in [5.41, 5.74) is 1.58. The van der Waals surface area contributed by atoms with Gasteiger partial charge in [0.05, 0.1) is 20.6 Å². The highest BCUT2D eigenvalue weighted by atomic mass is 16.5. The molecule has 1 heterocycles. The molecule has 0 N–H and O–H groups in total. The minimum Gasteiger partial charge on any atom is -0.497 e. The largest absolute Gasteiger partial charge is 0.497 e. The van der Waals surface area contributed by atoms with Crippen molar-refractivity contribution in [2.45, 2.75) is 6.42 Å². The topological polar surface area (TPSA) is 48.7 Å². The van der Waals surface area contributed by atoms with Crippen LogP contribution in [0.4, 0.5) is 0 Å². The third-order valence-corrected chi connectivity index (χ3v) is 3.78. The molecule has 0 amide bonds. The van der Waals surface area contributed by atoms with Crippen molar-refractivity contribution in [3.05, 3.63) is 72.0 Å². The number of rotatable bonds is 6. The molecule has 0 spiro atoms. The molecule has 2 aromatic carbocycles. The molecule has 0 atom stereocenters. The van der Waals surface area contributed by atoms with E-state index < -0.39 is 0 Å². The van der Waals surface area contributed by atoms with Gasteiger partial charge in [0.15, 0.2) is 5.78 Å². The van der Waals surface area contributed by atoms with E-state index in [1.54, 1.807) is 38.5 Å². The average molecular weight is 322 g/mol. The summed E-state index contributed by atoms with van der Waals surface area (Å²) in [4.78, 5) is 12.3. The van der Waals surface area contributed by atoms with E-state index in [2.05, 4.69) is 0 Å². The SMILES string of the molecule is COc1ccc(C(=O)Cc2ccc(-c3ccc(OC)cc3)o2)cc1. The molecule has 1 aromatic heterocycles. The number of furan rings is 1. The second-order valence-electron chi connectivity index (χ2n) is 5.32. The van der Waals surface area contributed by atoms with Crippen LogP contribution >= 0.6 is 0 Å². The zero-order valence-corrected chi connectivity index (χ0v) is 13.6. The van der Waals surface area contributed by atoms with Crippen LogP contribution < -0.4 is 9.47 Å². The number of methoxy groups -OCH3 is 2.